The van der Waals surface area contributed by atoms with Crippen LogP contribution in [0, 0.1) is 5.92 Å². The highest BCUT2D eigenvalue weighted by Gasteiger charge is 2.02. The molecular formula is C9H18N2. The first-order valence-corrected chi connectivity index (χ1v) is 3.99. The van der Waals surface area contributed by atoms with Gasteiger partial charge in [-0.15, -0.1) is 0 Å². The van der Waals surface area contributed by atoms with Crippen LogP contribution < -0.4 is 5.32 Å². The molecule has 0 bridgehead atoms. The number of allylic oxidation sites excluding steroid dienone is 1. The molecule has 64 valence electrons. The first kappa shape index (κ1) is 10.4. The van der Waals surface area contributed by atoms with E-state index in [9.17, 15) is 0 Å². The summed E-state index contributed by atoms with van der Waals surface area (Å²) in [6.07, 6.45) is 4.02. The van der Waals surface area contributed by atoms with E-state index < -0.39 is 0 Å². The van der Waals surface area contributed by atoms with Gasteiger partial charge in [0.1, 0.15) is 0 Å². The molecule has 0 aromatic carbocycles. The molecule has 2 heteroatoms. The number of aliphatic imine (C=N–C) groups is 1. The Morgan fingerprint density at radius 1 is 1.64 bits per heavy atom. The molecule has 0 saturated heterocycles. The van der Waals surface area contributed by atoms with E-state index in [1.807, 2.05) is 20.2 Å². The van der Waals surface area contributed by atoms with E-state index in [2.05, 4.69) is 23.3 Å². The van der Waals surface area contributed by atoms with Crippen LogP contribution in [-0.4, -0.2) is 26.9 Å². The average Bonchev–Trinajstić information content (AvgIpc) is 2.00. The minimum absolute atomic E-state index is 0.550. The molecule has 0 rings (SSSR count). The van der Waals surface area contributed by atoms with Crippen LogP contribution in [0.5, 0.6) is 0 Å². The van der Waals surface area contributed by atoms with Crippen LogP contribution >= 0.6 is 0 Å². The van der Waals surface area contributed by atoms with Crippen LogP contribution in [0.4, 0.5) is 0 Å². The van der Waals surface area contributed by atoms with Gasteiger partial charge in [-0.3, -0.25) is 4.99 Å². The van der Waals surface area contributed by atoms with Gasteiger partial charge in [0.05, 0.1) is 0 Å². The maximum atomic E-state index is 3.99. The standard InChI is InChI=1S/C9H18N2/c1-5-9(7-11-4)8(2)6-10-3/h5,7-8,10H,6H2,1-4H3/b9-5-,11-7-. The molecule has 0 radical (unpaired) electrons. The number of hydrogen-bond donors (Lipinski definition) is 1. The van der Waals surface area contributed by atoms with Gasteiger partial charge in [0.25, 0.3) is 0 Å². The van der Waals surface area contributed by atoms with Crippen molar-refractivity contribution < 1.29 is 0 Å². The maximum absolute atomic E-state index is 3.99. The SMILES string of the molecule is C/C=C(/C=N\C)C(C)CNC. The second-order valence-corrected chi connectivity index (χ2v) is 2.63. The summed E-state index contributed by atoms with van der Waals surface area (Å²) in [4.78, 5) is 3.99. The Bertz CT molecular complexity index is 148. The van der Waals surface area contributed by atoms with E-state index in [-0.39, 0.29) is 0 Å². The van der Waals surface area contributed by atoms with Gasteiger partial charge in [-0.1, -0.05) is 13.0 Å². The lowest BCUT2D eigenvalue weighted by atomic mass is 10.0. The van der Waals surface area contributed by atoms with E-state index in [0.29, 0.717) is 5.92 Å². The lowest BCUT2D eigenvalue weighted by Crippen LogP contribution is -2.18. The number of hydrogen-bond acceptors (Lipinski definition) is 2. The van der Waals surface area contributed by atoms with Crippen LogP contribution in [0.3, 0.4) is 0 Å². The van der Waals surface area contributed by atoms with Crippen molar-refractivity contribution in [2.75, 3.05) is 20.6 Å². The Morgan fingerprint density at radius 3 is 2.64 bits per heavy atom. The molecule has 0 amide bonds. The first-order valence-electron chi connectivity index (χ1n) is 3.99. The van der Waals surface area contributed by atoms with E-state index in [4.69, 9.17) is 0 Å². The maximum Gasteiger partial charge on any atom is 0.0277 e. The molecular weight excluding hydrogens is 136 g/mol. The van der Waals surface area contributed by atoms with Crippen molar-refractivity contribution >= 4 is 6.21 Å². The Labute approximate surface area is 69.4 Å². The van der Waals surface area contributed by atoms with Crippen LogP contribution in [0.25, 0.3) is 0 Å². The summed E-state index contributed by atoms with van der Waals surface area (Å²) in [5.41, 5.74) is 1.29. The first-order chi connectivity index (χ1) is 5.26. The summed E-state index contributed by atoms with van der Waals surface area (Å²) < 4.78 is 0. The highest BCUT2D eigenvalue weighted by atomic mass is 14.8. The van der Waals surface area contributed by atoms with Gasteiger partial charge < -0.3 is 5.32 Å². The number of nitrogens with one attached hydrogen (secondary N) is 1. The smallest absolute Gasteiger partial charge is 0.0277 e. The number of nitrogens with zero attached hydrogens (tertiary/aromatic N) is 1. The average molecular weight is 154 g/mol. The van der Waals surface area contributed by atoms with Gasteiger partial charge in [-0.05, 0) is 25.5 Å². The molecule has 0 fully saturated rings. The molecule has 11 heavy (non-hydrogen) atoms. The van der Waals surface area contributed by atoms with Crippen molar-refractivity contribution in [2.45, 2.75) is 13.8 Å². The molecule has 0 aromatic heterocycles. The highest BCUT2D eigenvalue weighted by Crippen LogP contribution is 2.05. The summed E-state index contributed by atoms with van der Waals surface area (Å²) in [6, 6.07) is 0. The lowest BCUT2D eigenvalue weighted by Gasteiger charge is -2.10. The second kappa shape index (κ2) is 6.10. The van der Waals surface area contributed by atoms with Crippen molar-refractivity contribution in [1.82, 2.24) is 5.32 Å². The van der Waals surface area contributed by atoms with E-state index in [0.717, 1.165) is 6.54 Å². The number of rotatable bonds is 4. The molecule has 1 N–H and O–H groups in total. The summed E-state index contributed by atoms with van der Waals surface area (Å²) in [6.45, 7) is 5.24. The molecule has 2 nitrogen and oxygen atoms in total. The van der Waals surface area contributed by atoms with Crippen LogP contribution in [0.15, 0.2) is 16.6 Å². The van der Waals surface area contributed by atoms with Crippen molar-refractivity contribution in [3.8, 4) is 0 Å². The molecule has 1 unspecified atom stereocenters. The van der Waals surface area contributed by atoms with Crippen LogP contribution in [0.2, 0.25) is 0 Å². The fourth-order valence-corrected chi connectivity index (χ4v) is 1.06. The van der Waals surface area contributed by atoms with Crippen LogP contribution in [0.1, 0.15) is 13.8 Å². The lowest BCUT2D eigenvalue weighted by molar-refractivity contribution is 0.636. The summed E-state index contributed by atoms with van der Waals surface area (Å²) in [5.74, 6) is 0.550. The zero-order chi connectivity index (χ0) is 8.69. The fourth-order valence-electron chi connectivity index (χ4n) is 1.06. The zero-order valence-electron chi connectivity index (χ0n) is 7.89. The molecule has 0 heterocycles. The minimum atomic E-state index is 0.550. The Balaban J connectivity index is 4.04. The Kier molecular flexibility index (Phi) is 5.75. The molecule has 0 aromatic rings. The minimum Gasteiger partial charge on any atom is -0.319 e. The van der Waals surface area contributed by atoms with Crippen molar-refractivity contribution in [3.05, 3.63) is 11.6 Å². The highest BCUT2D eigenvalue weighted by molar-refractivity contribution is 5.78. The van der Waals surface area contributed by atoms with Gasteiger partial charge in [0.15, 0.2) is 0 Å². The molecule has 0 aliphatic heterocycles. The largest absolute Gasteiger partial charge is 0.319 e. The Morgan fingerprint density at radius 2 is 2.27 bits per heavy atom. The third-order valence-corrected chi connectivity index (χ3v) is 1.69. The fraction of sp³-hybridized carbons (Fsp3) is 0.667. The van der Waals surface area contributed by atoms with Crippen LogP contribution in [-0.2, 0) is 0 Å². The van der Waals surface area contributed by atoms with Gasteiger partial charge in [-0.25, -0.2) is 0 Å². The molecule has 1 atom stereocenters. The third kappa shape index (κ3) is 3.94. The van der Waals surface area contributed by atoms with Gasteiger partial charge in [-0.2, -0.15) is 0 Å². The molecule has 0 saturated carbocycles. The van der Waals surface area contributed by atoms with E-state index >= 15 is 0 Å². The molecule has 0 spiro atoms. The van der Waals surface area contributed by atoms with Crippen molar-refractivity contribution in [3.63, 3.8) is 0 Å². The molecule has 0 aliphatic rings. The van der Waals surface area contributed by atoms with Gasteiger partial charge in [0, 0.05) is 19.8 Å². The van der Waals surface area contributed by atoms with Gasteiger partial charge >= 0.3 is 0 Å². The quantitative estimate of drug-likeness (QED) is 0.609. The normalized spacial score (nSPS) is 15.8. The third-order valence-electron chi connectivity index (χ3n) is 1.69. The summed E-state index contributed by atoms with van der Waals surface area (Å²) >= 11 is 0. The topological polar surface area (TPSA) is 24.4 Å². The predicted molar refractivity (Wildman–Crippen MR) is 51.3 cm³/mol. The van der Waals surface area contributed by atoms with Gasteiger partial charge in [0.2, 0.25) is 0 Å². The Hall–Kier alpha value is -0.630. The summed E-state index contributed by atoms with van der Waals surface area (Å²) in [7, 11) is 3.77. The van der Waals surface area contributed by atoms with E-state index in [1.54, 1.807) is 7.05 Å². The predicted octanol–water partition coefficient (Wildman–Crippen LogP) is 1.49. The van der Waals surface area contributed by atoms with Crippen molar-refractivity contribution in [2.24, 2.45) is 10.9 Å². The van der Waals surface area contributed by atoms with Crippen molar-refractivity contribution in [1.29, 1.82) is 0 Å². The second-order valence-electron chi connectivity index (χ2n) is 2.63. The monoisotopic (exact) mass is 154 g/mol. The van der Waals surface area contributed by atoms with E-state index in [1.165, 1.54) is 5.57 Å². The zero-order valence-corrected chi connectivity index (χ0v) is 7.89. The summed E-state index contributed by atoms with van der Waals surface area (Å²) in [5, 5.41) is 3.14. The molecule has 0 aliphatic carbocycles.